The Labute approximate surface area is 158 Å². The minimum Gasteiger partial charge on any atom is -0.493 e. The molecule has 1 aliphatic carbocycles. The van der Waals surface area contributed by atoms with Crippen molar-refractivity contribution in [2.24, 2.45) is 11.8 Å². The highest BCUT2D eigenvalue weighted by Gasteiger charge is 2.20. The van der Waals surface area contributed by atoms with Crippen molar-refractivity contribution in [3.63, 3.8) is 0 Å². The number of hydrogen-bond acceptors (Lipinski definition) is 2. The second-order valence-electron chi connectivity index (χ2n) is 7.83. The highest BCUT2D eigenvalue weighted by molar-refractivity contribution is 5.36. The molecule has 1 aromatic carbocycles. The summed E-state index contributed by atoms with van der Waals surface area (Å²) in [6.07, 6.45) is 16.2. The van der Waals surface area contributed by atoms with Crippen molar-refractivity contribution in [1.29, 1.82) is 5.26 Å². The van der Waals surface area contributed by atoms with Gasteiger partial charge in [-0.2, -0.15) is 5.26 Å². The van der Waals surface area contributed by atoms with Crippen LogP contribution in [0.25, 0.3) is 0 Å². The number of benzene rings is 1. The van der Waals surface area contributed by atoms with E-state index in [2.05, 4.69) is 6.92 Å². The first-order valence-electron chi connectivity index (χ1n) is 10.6. The van der Waals surface area contributed by atoms with Crippen molar-refractivity contribution in [2.75, 3.05) is 6.61 Å². The molecular formula is C23H34FNO. The van der Waals surface area contributed by atoms with Crippen LogP contribution in [0, 0.1) is 29.0 Å². The van der Waals surface area contributed by atoms with Gasteiger partial charge in [0.25, 0.3) is 0 Å². The zero-order valence-electron chi connectivity index (χ0n) is 16.3. The Balaban J connectivity index is 1.53. The van der Waals surface area contributed by atoms with Gasteiger partial charge in [0.05, 0.1) is 12.2 Å². The molecule has 1 saturated carbocycles. The molecule has 3 heteroatoms. The van der Waals surface area contributed by atoms with E-state index < -0.39 is 5.82 Å². The second-order valence-corrected chi connectivity index (χ2v) is 7.83. The predicted octanol–water partition coefficient (Wildman–Crippen LogP) is 7.02. The van der Waals surface area contributed by atoms with Gasteiger partial charge in [-0.05, 0) is 36.8 Å². The van der Waals surface area contributed by atoms with E-state index in [9.17, 15) is 4.39 Å². The lowest BCUT2D eigenvalue weighted by Gasteiger charge is -2.28. The summed E-state index contributed by atoms with van der Waals surface area (Å²) in [7, 11) is 0. The van der Waals surface area contributed by atoms with Gasteiger partial charge in [-0.25, -0.2) is 4.39 Å². The molecule has 1 aliphatic rings. The molecule has 0 radical (unpaired) electrons. The molecule has 1 aromatic rings. The molecule has 2 nitrogen and oxygen atoms in total. The number of unbranched alkanes of at least 4 members (excludes halogenated alkanes) is 4. The maximum Gasteiger partial charge on any atom is 0.144 e. The molecule has 0 amide bonds. The van der Waals surface area contributed by atoms with Crippen LogP contribution in [0.2, 0.25) is 0 Å². The monoisotopic (exact) mass is 359 g/mol. The fourth-order valence-electron chi connectivity index (χ4n) is 4.08. The predicted molar refractivity (Wildman–Crippen MR) is 105 cm³/mol. The van der Waals surface area contributed by atoms with Gasteiger partial charge in [0.15, 0.2) is 0 Å². The van der Waals surface area contributed by atoms with E-state index >= 15 is 0 Å². The van der Waals surface area contributed by atoms with Gasteiger partial charge in [0.2, 0.25) is 0 Å². The van der Waals surface area contributed by atoms with Crippen LogP contribution in [0.4, 0.5) is 4.39 Å². The molecule has 0 N–H and O–H groups in total. The van der Waals surface area contributed by atoms with Crippen molar-refractivity contribution in [2.45, 2.75) is 84.0 Å². The van der Waals surface area contributed by atoms with Gasteiger partial charge in [0, 0.05) is 6.07 Å². The minimum absolute atomic E-state index is 0.0690. The highest BCUT2D eigenvalue weighted by atomic mass is 19.1. The summed E-state index contributed by atoms with van der Waals surface area (Å²) in [5, 5.41) is 8.74. The normalized spacial score (nSPS) is 19.9. The molecule has 0 saturated heterocycles. The summed E-state index contributed by atoms with van der Waals surface area (Å²) >= 11 is 0. The van der Waals surface area contributed by atoms with Crippen LogP contribution < -0.4 is 4.74 Å². The van der Waals surface area contributed by atoms with Gasteiger partial charge >= 0.3 is 0 Å². The smallest absolute Gasteiger partial charge is 0.144 e. The average molecular weight is 360 g/mol. The third-order valence-corrected chi connectivity index (χ3v) is 5.77. The molecule has 0 heterocycles. The lowest BCUT2D eigenvalue weighted by molar-refractivity contribution is 0.227. The van der Waals surface area contributed by atoms with E-state index in [4.69, 9.17) is 10.00 Å². The van der Waals surface area contributed by atoms with Gasteiger partial charge in [-0.1, -0.05) is 71.1 Å². The maximum atomic E-state index is 13.5. The average Bonchev–Trinajstić information content (AvgIpc) is 2.66. The van der Waals surface area contributed by atoms with E-state index in [1.54, 1.807) is 6.07 Å². The summed E-state index contributed by atoms with van der Waals surface area (Å²) in [6, 6.07) is 6.29. The van der Waals surface area contributed by atoms with Crippen LogP contribution in [-0.2, 0) is 0 Å². The Bertz CT molecular complexity index is 558. The van der Waals surface area contributed by atoms with Crippen LogP contribution in [0.5, 0.6) is 5.75 Å². The number of rotatable bonds is 11. The Kier molecular flexibility index (Phi) is 9.53. The Hall–Kier alpha value is -1.56. The topological polar surface area (TPSA) is 33.0 Å². The minimum atomic E-state index is -0.502. The number of hydrogen-bond donors (Lipinski definition) is 0. The summed E-state index contributed by atoms with van der Waals surface area (Å²) in [5.41, 5.74) is 0.0690. The zero-order valence-corrected chi connectivity index (χ0v) is 16.3. The van der Waals surface area contributed by atoms with Crippen LogP contribution in [-0.4, -0.2) is 6.61 Å². The van der Waals surface area contributed by atoms with Gasteiger partial charge in [0.1, 0.15) is 17.6 Å². The van der Waals surface area contributed by atoms with E-state index in [0.717, 1.165) is 18.3 Å². The number of nitriles is 1. The SMILES string of the molecule is CCCCCCC[C@H]1CC[C@H](CCCOc2ccc(C#N)c(F)c2)CC1. The zero-order chi connectivity index (χ0) is 18.6. The van der Waals surface area contributed by atoms with Crippen molar-refractivity contribution in [3.05, 3.63) is 29.6 Å². The van der Waals surface area contributed by atoms with Gasteiger partial charge in [-0.3, -0.25) is 0 Å². The quantitative estimate of drug-likeness (QED) is 0.398. The molecule has 0 spiro atoms. The number of nitrogens with zero attached hydrogens (tertiary/aromatic N) is 1. The molecule has 1 fully saturated rings. The highest BCUT2D eigenvalue weighted by Crippen LogP contribution is 2.34. The van der Waals surface area contributed by atoms with Crippen molar-refractivity contribution in [1.82, 2.24) is 0 Å². The third-order valence-electron chi connectivity index (χ3n) is 5.77. The Morgan fingerprint density at radius 1 is 1.00 bits per heavy atom. The summed E-state index contributed by atoms with van der Waals surface area (Å²) < 4.78 is 19.2. The van der Waals surface area contributed by atoms with Crippen LogP contribution in [0.1, 0.15) is 89.5 Å². The number of ether oxygens (including phenoxy) is 1. The van der Waals surface area contributed by atoms with Gasteiger partial charge < -0.3 is 4.74 Å². The van der Waals surface area contributed by atoms with E-state index in [-0.39, 0.29) is 5.56 Å². The summed E-state index contributed by atoms with van der Waals surface area (Å²) in [5.74, 6) is 1.82. The Morgan fingerprint density at radius 2 is 1.65 bits per heavy atom. The van der Waals surface area contributed by atoms with Crippen LogP contribution in [0.3, 0.4) is 0 Å². The van der Waals surface area contributed by atoms with Crippen LogP contribution in [0.15, 0.2) is 18.2 Å². The molecule has 26 heavy (non-hydrogen) atoms. The molecule has 0 aromatic heterocycles. The van der Waals surface area contributed by atoms with Gasteiger partial charge in [-0.15, -0.1) is 0 Å². The summed E-state index contributed by atoms with van der Waals surface area (Å²) in [4.78, 5) is 0. The maximum absolute atomic E-state index is 13.5. The molecule has 2 rings (SSSR count). The standard InChI is InChI=1S/C23H34FNO/c1-2-3-4-5-6-8-19-10-12-20(13-11-19)9-7-16-26-22-15-14-21(18-25)23(24)17-22/h14-15,17,19-20H,2-13,16H2,1H3/t19-,20-. The first-order chi connectivity index (χ1) is 12.7. The molecule has 144 valence electrons. The third kappa shape index (κ3) is 7.36. The molecule has 0 atom stereocenters. The van der Waals surface area contributed by atoms with Crippen LogP contribution >= 0.6 is 0 Å². The second kappa shape index (κ2) is 11.9. The van der Waals surface area contributed by atoms with E-state index in [1.807, 2.05) is 6.07 Å². The molecule has 0 unspecified atom stereocenters. The van der Waals surface area contributed by atoms with Crippen molar-refractivity contribution >= 4 is 0 Å². The van der Waals surface area contributed by atoms with E-state index in [0.29, 0.717) is 12.4 Å². The van der Waals surface area contributed by atoms with Crippen molar-refractivity contribution in [3.8, 4) is 11.8 Å². The molecular weight excluding hydrogens is 325 g/mol. The van der Waals surface area contributed by atoms with Crippen molar-refractivity contribution < 1.29 is 9.13 Å². The largest absolute Gasteiger partial charge is 0.493 e. The fourth-order valence-corrected chi connectivity index (χ4v) is 4.08. The molecule has 0 aliphatic heterocycles. The Morgan fingerprint density at radius 3 is 2.27 bits per heavy atom. The first-order valence-corrected chi connectivity index (χ1v) is 10.6. The fraction of sp³-hybridized carbons (Fsp3) is 0.696. The number of halogens is 1. The molecule has 0 bridgehead atoms. The lowest BCUT2D eigenvalue weighted by Crippen LogP contribution is -2.15. The lowest BCUT2D eigenvalue weighted by atomic mass is 9.78. The van der Waals surface area contributed by atoms with E-state index in [1.165, 1.54) is 82.8 Å². The summed E-state index contributed by atoms with van der Waals surface area (Å²) in [6.45, 7) is 2.90. The first kappa shape index (κ1) is 20.7.